The van der Waals surface area contributed by atoms with Gasteiger partial charge in [-0.05, 0) is 19.3 Å². The Hall–Kier alpha value is -0.610. The highest BCUT2D eigenvalue weighted by atomic mass is 16.5. The van der Waals surface area contributed by atoms with Gasteiger partial charge in [0.15, 0.2) is 0 Å². The summed E-state index contributed by atoms with van der Waals surface area (Å²) in [5.74, 6) is 4.71. The van der Waals surface area contributed by atoms with Crippen molar-refractivity contribution in [1.82, 2.24) is 5.43 Å². The Balaban J connectivity index is 2.31. The number of ether oxygens (including phenoxy) is 1. The maximum absolute atomic E-state index is 10.8. The van der Waals surface area contributed by atoms with Crippen LogP contribution in [0.3, 0.4) is 0 Å². The van der Waals surface area contributed by atoms with Crippen molar-refractivity contribution in [2.75, 3.05) is 6.61 Å². The Morgan fingerprint density at radius 2 is 2.40 bits per heavy atom. The molecular weight excluding hydrogens is 132 g/mol. The lowest BCUT2D eigenvalue weighted by Crippen LogP contribution is -2.41. The van der Waals surface area contributed by atoms with Gasteiger partial charge in [-0.2, -0.15) is 0 Å². The molecule has 58 valence electrons. The smallest absolute Gasteiger partial charge is 0.262 e. The fraction of sp³-hybridized carbons (Fsp3) is 0.833. The van der Waals surface area contributed by atoms with Crippen LogP contribution < -0.4 is 11.3 Å². The van der Waals surface area contributed by atoms with Crippen molar-refractivity contribution in [1.29, 1.82) is 0 Å². The second-order valence-corrected chi connectivity index (χ2v) is 2.36. The molecule has 0 aromatic carbocycles. The first-order chi connectivity index (χ1) is 4.84. The van der Waals surface area contributed by atoms with Crippen LogP contribution >= 0.6 is 0 Å². The molecule has 1 amide bonds. The first-order valence-electron chi connectivity index (χ1n) is 3.46. The van der Waals surface area contributed by atoms with Gasteiger partial charge >= 0.3 is 0 Å². The van der Waals surface area contributed by atoms with Gasteiger partial charge in [0.1, 0.15) is 6.10 Å². The van der Waals surface area contributed by atoms with Crippen molar-refractivity contribution in [2.45, 2.75) is 25.4 Å². The molecule has 1 aliphatic heterocycles. The van der Waals surface area contributed by atoms with Crippen molar-refractivity contribution in [3.05, 3.63) is 0 Å². The molecule has 0 aromatic heterocycles. The van der Waals surface area contributed by atoms with E-state index >= 15 is 0 Å². The third-order valence-electron chi connectivity index (χ3n) is 1.61. The van der Waals surface area contributed by atoms with E-state index in [1.54, 1.807) is 0 Å². The fourth-order valence-corrected chi connectivity index (χ4v) is 1.04. The molecule has 1 saturated heterocycles. The highest BCUT2D eigenvalue weighted by molar-refractivity contribution is 5.80. The summed E-state index contributed by atoms with van der Waals surface area (Å²) in [5, 5.41) is 0. The van der Waals surface area contributed by atoms with Crippen molar-refractivity contribution in [3.63, 3.8) is 0 Å². The summed E-state index contributed by atoms with van der Waals surface area (Å²) >= 11 is 0. The van der Waals surface area contributed by atoms with E-state index in [9.17, 15) is 4.79 Å². The third-order valence-corrected chi connectivity index (χ3v) is 1.61. The van der Waals surface area contributed by atoms with E-state index in [4.69, 9.17) is 10.6 Å². The number of carbonyl (C=O) groups excluding carboxylic acids is 1. The molecule has 1 heterocycles. The molecule has 0 bridgehead atoms. The van der Waals surface area contributed by atoms with Gasteiger partial charge in [0.05, 0.1) is 0 Å². The fourth-order valence-electron chi connectivity index (χ4n) is 1.04. The number of hydrogen-bond acceptors (Lipinski definition) is 3. The largest absolute Gasteiger partial charge is 0.368 e. The second-order valence-electron chi connectivity index (χ2n) is 2.36. The Morgan fingerprint density at radius 1 is 1.60 bits per heavy atom. The first kappa shape index (κ1) is 7.50. The molecule has 4 nitrogen and oxygen atoms in total. The lowest BCUT2D eigenvalue weighted by molar-refractivity contribution is -0.135. The molecule has 0 aliphatic carbocycles. The number of rotatable bonds is 1. The molecule has 1 atom stereocenters. The van der Waals surface area contributed by atoms with Gasteiger partial charge in [-0.1, -0.05) is 0 Å². The van der Waals surface area contributed by atoms with Crippen LogP contribution in [0.1, 0.15) is 19.3 Å². The van der Waals surface area contributed by atoms with E-state index in [1.165, 1.54) is 0 Å². The van der Waals surface area contributed by atoms with E-state index in [0.717, 1.165) is 19.3 Å². The third kappa shape index (κ3) is 1.68. The molecule has 1 aliphatic rings. The number of hydrogen-bond donors (Lipinski definition) is 2. The average molecular weight is 144 g/mol. The number of amides is 1. The Kier molecular flexibility index (Phi) is 2.65. The number of carbonyl (C=O) groups is 1. The summed E-state index contributed by atoms with van der Waals surface area (Å²) in [5.41, 5.74) is 2.07. The first-order valence-corrected chi connectivity index (χ1v) is 3.46. The van der Waals surface area contributed by atoms with Crippen molar-refractivity contribution >= 4 is 5.91 Å². The standard InChI is InChI=1S/C6H12N2O2/c7-8-6(9)5-3-1-2-4-10-5/h5H,1-4,7H2,(H,8,9). The van der Waals surface area contributed by atoms with Crippen LogP contribution in [0.15, 0.2) is 0 Å². The van der Waals surface area contributed by atoms with Gasteiger partial charge in [0.2, 0.25) is 0 Å². The molecule has 1 fully saturated rings. The summed E-state index contributed by atoms with van der Waals surface area (Å²) < 4.78 is 5.14. The molecule has 0 aromatic rings. The maximum Gasteiger partial charge on any atom is 0.262 e. The number of nitrogens with one attached hydrogen (secondary N) is 1. The van der Waals surface area contributed by atoms with Crippen LogP contribution in [-0.2, 0) is 9.53 Å². The topological polar surface area (TPSA) is 64.3 Å². The van der Waals surface area contributed by atoms with E-state index < -0.39 is 0 Å². The summed E-state index contributed by atoms with van der Waals surface area (Å²) in [6.45, 7) is 0.679. The number of hydrazine groups is 1. The second kappa shape index (κ2) is 3.53. The van der Waals surface area contributed by atoms with Gasteiger partial charge in [-0.3, -0.25) is 10.2 Å². The van der Waals surface area contributed by atoms with Gasteiger partial charge in [-0.15, -0.1) is 0 Å². The lowest BCUT2D eigenvalue weighted by atomic mass is 10.1. The molecule has 0 saturated carbocycles. The van der Waals surface area contributed by atoms with Crippen molar-refractivity contribution in [3.8, 4) is 0 Å². The van der Waals surface area contributed by atoms with Crippen molar-refractivity contribution < 1.29 is 9.53 Å². The zero-order chi connectivity index (χ0) is 7.40. The minimum atomic E-state index is -0.307. The van der Waals surface area contributed by atoms with Gasteiger partial charge in [0.25, 0.3) is 5.91 Å². The van der Waals surface area contributed by atoms with Crippen LogP contribution in [0.25, 0.3) is 0 Å². The minimum Gasteiger partial charge on any atom is -0.368 e. The Labute approximate surface area is 59.7 Å². The minimum absolute atomic E-state index is 0.209. The predicted molar refractivity (Wildman–Crippen MR) is 35.9 cm³/mol. The molecule has 0 radical (unpaired) electrons. The zero-order valence-corrected chi connectivity index (χ0v) is 5.80. The molecule has 1 rings (SSSR count). The Bertz CT molecular complexity index is 121. The van der Waals surface area contributed by atoms with Gasteiger partial charge in [-0.25, -0.2) is 5.84 Å². The summed E-state index contributed by atoms with van der Waals surface area (Å²) in [4.78, 5) is 10.8. The van der Waals surface area contributed by atoms with E-state index in [0.29, 0.717) is 6.61 Å². The number of nitrogens with two attached hydrogens (primary N) is 1. The summed E-state index contributed by atoms with van der Waals surface area (Å²) in [7, 11) is 0. The maximum atomic E-state index is 10.8. The van der Waals surface area contributed by atoms with Crippen LogP contribution in [0.5, 0.6) is 0 Å². The van der Waals surface area contributed by atoms with Crippen LogP contribution in [0.2, 0.25) is 0 Å². The van der Waals surface area contributed by atoms with E-state index in [1.807, 2.05) is 0 Å². The molecular formula is C6H12N2O2. The lowest BCUT2D eigenvalue weighted by Gasteiger charge is -2.20. The van der Waals surface area contributed by atoms with Gasteiger partial charge < -0.3 is 4.74 Å². The molecule has 10 heavy (non-hydrogen) atoms. The van der Waals surface area contributed by atoms with Gasteiger partial charge in [0, 0.05) is 6.61 Å². The highest BCUT2D eigenvalue weighted by Crippen LogP contribution is 2.11. The van der Waals surface area contributed by atoms with E-state index in [2.05, 4.69) is 5.43 Å². The molecule has 4 heteroatoms. The average Bonchev–Trinajstić information content (AvgIpc) is 2.05. The molecule has 1 unspecified atom stereocenters. The summed E-state index contributed by atoms with van der Waals surface area (Å²) in [6, 6.07) is 0. The zero-order valence-electron chi connectivity index (χ0n) is 5.80. The summed E-state index contributed by atoms with van der Waals surface area (Å²) in [6.07, 6.45) is 2.59. The molecule has 0 spiro atoms. The van der Waals surface area contributed by atoms with E-state index in [-0.39, 0.29) is 12.0 Å². The van der Waals surface area contributed by atoms with Crippen LogP contribution in [0.4, 0.5) is 0 Å². The highest BCUT2D eigenvalue weighted by Gasteiger charge is 2.20. The molecule has 3 N–H and O–H groups in total. The quantitative estimate of drug-likeness (QED) is 0.297. The van der Waals surface area contributed by atoms with Crippen LogP contribution in [0, 0.1) is 0 Å². The SMILES string of the molecule is NNC(=O)C1CCCCO1. The predicted octanol–water partition coefficient (Wildman–Crippen LogP) is -0.455. The normalized spacial score (nSPS) is 25.9. The Morgan fingerprint density at radius 3 is 2.90 bits per heavy atom. The monoisotopic (exact) mass is 144 g/mol. The van der Waals surface area contributed by atoms with Crippen molar-refractivity contribution in [2.24, 2.45) is 5.84 Å². The van der Waals surface area contributed by atoms with Crippen LogP contribution in [-0.4, -0.2) is 18.6 Å².